The van der Waals surface area contributed by atoms with E-state index in [-0.39, 0.29) is 5.75 Å². The molecule has 3 aromatic rings. The second kappa shape index (κ2) is 7.94. The van der Waals surface area contributed by atoms with Gasteiger partial charge in [-0.1, -0.05) is 6.92 Å². The lowest BCUT2D eigenvalue weighted by Gasteiger charge is -2.35. The van der Waals surface area contributed by atoms with Crippen molar-refractivity contribution in [3.63, 3.8) is 0 Å². The molecule has 0 spiro atoms. The number of nitrogens with zero attached hydrogens (tertiary/aromatic N) is 2. The van der Waals surface area contributed by atoms with Gasteiger partial charge in [-0.25, -0.2) is 4.79 Å². The highest BCUT2D eigenvalue weighted by molar-refractivity contribution is 5.81. The van der Waals surface area contributed by atoms with E-state index < -0.39 is 5.63 Å². The van der Waals surface area contributed by atoms with Gasteiger partial charge in [0.15, 0.2) is 0 Å². The molecule has 1 saturated heterocycles. The van der Waals surface area contributed by atoms with Crippen molar-refractivity contribution in [2.24, 2.45) is 0 Å². The maximum absolute atomic E-state index is 11.8. The predicted octanol–water partition coefficient (Wildman–Crippen LogP) is 3.25. The first-order valence-electron chi connectivity index (χ1n) is 9.69. The molecule has 4 rings (SSSR count). The second-order valence-corrected chi connectivity index (χ2v) is 7.09. The smallest absolute Gasteiger partial charge is 0.336 e. The Morgan fingerprint density at radius 3 is 2.50 bits per heavy atom. The number of piperazine rings is 1. The average Bonchev–Trinajstić information content (AvgIpc) is 2.72. The molecule has 2 N–H and O–H groups in total. The first-order valence-corrected chi connectivity index (χ1v) is 9.69. The van der Waals surface area contributed by atoms with E-state index in [2.05, 4.69) is 46.3 Å². The fraction of sp³-hybridized carbons (Fsp3) is 0.318. The van der Waals surface area contributed by atoms with Gasteiger partial charge in [-0.3, -0.25) is 0 Å². The number of phenols is 1. The van der Waals surface area contributed by atoms with E-state index in [4.69, 9.17) is 4.42 Å². The zero-order chi connectivity index (χ0) is 19.5. The predicted molar refractivity (Wildman–Crippen MR) is 112 cm³/mol. The Balaban J connectivity index is 1.44. The van der Waals surface area contributed by atoms with Crippen molar-refractivity contribution < 1.29 is 9.52 Å². The molecule has 28 heavy (non-hydrogen) atoms. The highest BCUT2D eigenvalue weighted by Crippen LogP contribution is 2.24. The molecule has 0 amide bonds. The van der Waals surface area contributed by atoms with Crippen molar-refractivity contribution in [2.75, 3.05) is 42.9 Å². The number of phenolic OH excluding ortho intramolecular Hbond substituents is 1. The van der Waals surface area contributed by atoms with Gasteiger partial charge >= 0.3 is 5.63 Å². The van der Waals surface area contributed by atoms with Crippen LogP contribution < -0.4 is 15.8 Å². The zero-order valence-electron chi connectivity index (χ0n) is 16.0. The van der Waals surface area contributed by atoms with E-state index in [0.717, 1.165) is 49.4 Å². The number of hydrogen-bond acceptors (Lipinski definition) is 6. The van der Waals surface area contributed by atoms with Crippen molar-refractivity contribution in [2.45, 2.75) is 13.5 Å². The Hall–Kier alpha value is -2.99. The molecule has 0 unspecified atom stereocenters. The van der Waals surface area contributed by atoms with Gasteiger partial charge in [-0.05, 0) is 48.5 Å². The Bertz CT molecular complexity index is 1010. The van der Waals surface area contributed by atoms with Gasteiger partial charge in [-0.2, -0.15) is 0 Å². The largest absolute Gasteiger partial charge is 0.508 e. The first-order chi connectivity index (χ1) is 13.6. The lowest BCUT2D eigenvalue weighted by atomic mass is 10.1. The third-order valence-corrected chi connectivity index (χ3v) is 5.35. The van der Waals surface area contributed by atoms with Gasteiger partial charge in [0.1, 0.15) is 11.3 Å². The summed E-state index contributed by atoms with van der Waals surface area (Å²) in [6.45, 7) is 8.15. The SMILES string of the molecule is CCN1CCN(c2ccc(NCc3cc(=O)oc4cc(O)ccc34)cc2)CC1. The minimum absolute atomic E-state index is 0.0797. The van der Waals surface area contributed by atoms with Gasteiger partial charge in [-0.15, -0.1) is 0 Å². The number of likely N-dealkylation sites (N-methyl/N-ethyl adjacent to an activating group) is 1. The summed E-state index contributed by atoms with van der Waals surface area (Å²) in [6, 6.07) is 14.7. The minimum Gasteiger partial charge on any atom is -0.508 e. The molecule has 146 valence electrons. The van der Waals surface area contributed by atoms with Crippen LogP contribution in [-0.4, -0.2) is 42.7 Å². The molecule has 2 heterocycles. The summed E-state index contributed by atoms with van der Waals surface area (Å²) in [4.78, 5) is 16.7. The summed E-state index contributed by atoms with van der Waals surface area (Å²) in [5.41, 5.74) is 3.05. The molecule has 6 nitrogen and oxygen atoms in total. The molecule has 1 fully saturated rings. The molecule has 0 aliphatic carbocycles. The summed E-state index contributed by atoms with van der Waals surface area (Å²) in [5.74, 6) is 0.0797. The van der Waals surface area contributed by atoms with E-state index in [0.29, 0.717) is 12.1 Å². The zero-order valence-corrected chi connectivity index (χ0v) is 16.0. The minimum atomic E-state index is -0.420. The van der Waals surface area contributed by atoms with E-state index in [1.54, 1.807) is 12.1 Å². The number of fused-ring (bicyclic) bond motifs is 1. The highest BCUT2D eigenvalue weighted by Gasteiger charge is 2.15. The maximum atomic E-state index is 11.8. The molecular formula is C22H25N3O3. The lowest BCUT2D eigenvalue weighted by Crippen LogP contribution is -2.46. The topological polar surface area (TPSA) is 69.0 Å². The number of hydrogen-bond donors (Lipinski definition) is 2. The second-order valence-electron chi connectivity index (χ2n) is 7.09. The van der Waals surface area contributed by atoms with Crippen LogP contribution in [0.25, 0.3) is 11.0 Å². The van der Waals surface area contributed by atoms with E-state index in [9.17, 15) is 9.90 Å². The fourth-order valence-corrected chi connectivity index (χ4v) is 3.67. The van der Waals surface area contributed by atoms with E-state index >= 15 is 0 Å². The van der Waals surface area contributed by atoms with Crippen LogP contribution in [0, 0.1) is 0 Å². The third-order valence-electron chi connectivity index (χ3n) is 5.35. The van der Waals surface area contributed by atoms with Crippen LogP contribution in [0.1, 0.15) is 12.5 Å². The average molecular weight is 379 g/mol. The van der Waals surface area contributed by atoms with E-state index in [1.807, 2.05) is 0 Å². The summed E-state index contributed by atoms with van der Waals surface area (Å²) >= 11 is 0. The van der Waals surface area contributed by atoms with E-state index in [1.165, 1.54) is 17.8 Å². The summed E-state index contributed by atoms with van der Waals surface area (Å²) in [6.07, 6.45) is 0. The Labute approximate surface area is 164 Å². The number of benzene rings is 2. The molecular weight excluding hydrogens is 354 g/mol. The summed E-state index contributed by atoms with van der Waals surface area (Å²) < 4.78 is 5.18. The molecule has 1 aliphatic heterocycles. The Kier molecular flexibility index (Phi) is 5.21. The van der Waals surface area contributed by atoms with Crippen LogP contribution in [0.2, 0.25) is 0 Å². The number of anilines is 2. The number of aromatic hydroxyl groups is 1. The van der Waals surface area contributed by atoms with Crippen LogP contribution in [0.15, 0.2) is 57.7 Å². The molecule has 1 aliphatic rings. The van der Waals surface area contributed by atoms with Crippen molar-refractivity contribution in [1.82, 2.24) is 4.90 Å². The molecule has 0 bridgehead atoms. The fourth-order valence-electron chi connectivity index (χ4n) is 3.67. The van der Waals surface area contributed by atoms with Gasteiger partial charge < -0.3 is 24.6 Å². The first kappa shape index (κ1) is 18.4. The van der Waals surface area contributed by atoms with Crippen molar-refractivity contribution in [3.05, 3.63) is 64.5 Å². The standard InChI is InChI=1S/C22H25N3O3/c1-2-24-9-11-25(12-10-24)18-5-3-17(4-6-18)23-15-16-13-22(27)28-21-14-19(26)7-8-20(16)21/h3-8,13-14,23,26H,2,9-12,15H2,1H3. The van der Waals surface area contributed by atoms with Crippen molar-refractivity contribution in [1.29, 1.82) is 0 Å². The third kappa shape index (κ3) is 3.97. The van der Waals surface area contributed by atoms with Crippen LogP contribution in [0.3, 0.4) is 0 Å². The van der Waals surface area contributed by atoms with Gasteiger partial charge in [0.2, 0.25) is 0 Å². The molecule has 0 saturated carbocycles. The summed E-state index contributed by atoms with van der Waals surface area (Å²) in [7, 11) is 0. The van der Waals surface area contributed by atoms with Crippen molar-refractivity contribution in [3.8, 4) is 5.75 Å². The molecule has 1 aromatic heterocycles. The summed E-state index contributed by atoms with van der Waals surface area (Å²) in [5, 5.41) is 13.8. The molecule has 0 radical (unpaired) electrons. The van der Waals surface area contributed by atoms with Gasteiger partial charge in [0.05, 0.1) is 0 Å². The maximum Gasteiger partial charge on any atom is 0.336 e. The van der Waals surface area contributed by atoms with Crippen molar-refractivity contribution >= 4 is 22.3 Å². The molecule has 0 atom stereocenters. The van der Waals surface area contributed by atoms with Crippen LogP contribution in [0.5, 0.6) is 5.75 Å². The van der Waals surface area contributed by atoms with Gasteiger partial charge in [0, 0.05) is 61.6 Å². The van der Waals surface area contributed by atoms with Crippen LogP contribution >= 0.6 is 0 Å². The number of rotatable bonds is 5. The van der Waals surface area contributed by atoms with Crippen LogP contribution in [0.4, 0.5) is 11.4 Å². The Morgan fingerprint density at radius 1 is 1.04 bits per heavy atom. The quantitative estimate of drug-likeness (QED) is 0.663. The Morgan fingerprint density at radius 2 is 1.79 bits per heavy atom. The van der Waals surface area contributed by atoms with Gasteiger partial charge in [0.25, 0.3) is 0 Å². The molecule has 6 heteroatoms. The van der Waals surface area contributed by atoms with Crippen LogP contribution in [-0.2, 0) is 6.54 Å². The lowest BCUT2D eigenvalue weighted by molar-refractivity contribution is 0.271. The monoisotopic (exact) mass is 379 g/mol. The number of nitrogens with one attached hydrogen (secondary N) is 1. The normalized spacial score (nSPS) is 15.1. The molecule has 2 aromatic carbocycles. The highest BCUT2D eigenvalue weighted by atomic mass is 16.4.